The van der Waals surface area contributed by atoms with Gasteiger partial charge in [0.1, 0.15) is 5.78 Å². The first kappa shape index (κ1) is 10.3. The van der Waals surface area contributed by atoms with Crippen molar-refractivity contribution in [2.75, 3.05) is 6.54 Å². The van der Waals surface area contributed by atoms with Crippen molar-refractivity contribution in [3.63, 3.8) is 0 Å². The van der Waals surface area contributed by atoms with Crippen LogP contribution in [0.25, 0.3) is 0 Å². The summed E-state index contributed by atoms with van der Waals surface area (Å²) in [6, 6.07) is 1.89. The number of Topliss-reactive ketones (excluding diaryl/α,β-unsaturated/α-hetero) is 1. The minimum absolute atomic E-state index is 0.155. The van der Waals surface area contributed by atoms with E-state index < -0.39 is 0 Å². The number of ketones is 1. The van der Waals surface area contributed by atoms with Gasteiger partial charge in [-0.1, -0.05) is 0 Å². The molecule has 0 aliphatic heterocycles. The van der Waals surface area contributed by atoms with Gasteiger partial charge in [0, 0.05) is 29.7 Å². The second-order valence-electron chi connectivity index (χ2n) is 2.77. The first-order chi connectivity index (χ1) is 6.22. The summed E-state index contributed by atoms with van der Waals surface area (Å²) in [5.74, 6) is 0.155. The number of carbonyl (C=O) groups is 1. The molecule has 0 spiro atoms. The Bertz CT molecular complexity index is 301. The molecule has 0 bridgehead atoms. The average molecular weight is 243 g/mol. The van der Waals surface area contributed by atoms with Crippen molar-refractivity contribution in [2.45, 2.75) is 12.8 Å². The third-order valence-electron chi connectivity index (χ3n) is 1.59. The van der Waals surface area contributed by atoms with Gasteiger partial charge in [-0.2, -0.15) is 0 Å². The highest BCUT2D eigenvalue weighted by molar-refractivity contribution is 9.10. The molecule has 1 heterocycles. The van der Waals surface area contributed by atoms with Gasteiger partial charge in [-0.25, -0.2) is 0 Å². The molecule has 1 rings (SSSR count). The Kier molecular flexibility index (Phi) is 4.05. The van der Waals surface area contributed by atoms with E-state index in [9.17, 15) is 4.79 Å². The number of rotatable bonds is 4. The summed E-state index contributed by atoms with van der Waals surface area (Å²) in [7, 11) is 0. The van der Waals surface area contributed by atoms with Crippen LogP contribution in [0.3, 0.4) is 0 Å². The van der Waals surface area contributed by atoms with E-state index in [1.54, 1.807) is 12.4 Å². The zero-order valence-electron chi connectivity index (χ0n) is 7.16. The fraction of sp³-hybridized carbons (Fsp3) is 0.333. The van der Waals surface area contributed by atoms with Gasteiger partial charge < -0.3 is 5.73 Å². The number of nitrogens with two attached hydrogens (primary N) is 1. The molecule has 0 aliphatic rings. The second kappa shape index (κ2) is 5.09. The molecule has 0 fully saturated rings. The monoisotopic (exact) mass is 242 g/mol. The molecule has 4 heteroatoms. The maximum Gasteiger partial charge on any atom is 0.138 e. The van der Waals surface area contributed by atoms with Gasteiger partial charge >= 0.3 is 0 Å². The van der Waals surface area contributed by atoms with Crippen LogP contribution in [0.4, 0.5) is 0 Å². The number of carbonyl (C=O) groups excluding carboxylic acids is 1. The molecule has 0 aliphatic carbocycles. The minimum atomic E-state index is 0.155. The van der Waals surface area contributed by atoms with E-state index in [1.165, 1.54) is 0 Å². The fourth-order valence-corrected chi connectivity index (χ4v) is 1.44. The van der Waals surface area contributed by atoms with Gasteiger partial charge in [0.05, 0.1) is 0 Å². The Hall–Kier alpha value is -0.740. The molecular weight excluding hydrogens is 232 g/mol. The summed E-state index contributed by atoms with van der Waals surface area (Å²) in [5, 5.41) is 0. The van der Waals surface area contributed by atoms with E-state index in [2.05, 4.69) is 20.9 Å². The van der Waals surface area contributed by atoms with Crippen LogP contribution in [-0.2, 0) is 11.2 Å². The van der Waals surface area contributed by atoms with Crippen LogP contribution in [-0.4, -0.2) is 17.3 Å². The zero-order valence-corrected chi connectivity index (χ0v) is 8.75. The Morgan fingerprint density at radius 1 is 1.54 bits per heavy atom. The Morgan fingerprint density at radius 3 is 2.92 bits per heavy atom. The Labute approximate surface area is 85.5 Å². The number of hydrogen-bond acceptors (Lipinski definition) is 3. The topological polar surface area (TPSA) is 56.0 Å². The van der Waals surface area contributed by atoms with Crippen molar-refractivity contribution in [3.05, 3.63) is 28.5 Å². The molecule has 0 atom stereocenters. The molecule has 0 aromatic carbocycles. The first-order valence-electron chi connectivity index (χ1n) is 4.03. The lowest BCUT2D eigenvalue weighted by molar-refractivity contribution is -0.118. The lowest BCUT2D eigenvalue weighted by Gasteiger charge is -1.99. The minimum Gasteiger partial charge on any atom is -0.330 e. The van der Waals surface area contributed by atoms with E-state index >= 15 is 0 Å². The van der Waals surface area contributed by atoms with Crippen LogP contribution in [0.5, 0.6) is 0 Å². The van der Waals surface area contributed by atoms with Crippen LogP contribution in [0, 0.1) is 0 Å². The maximum atomic E-state index is 11.2. The molecule has 0 unspecified atom stereocenters. The van der Waals surface area contributed by atoms with Gasteiger partial charge in [0.2, 0.25) is 0 Å². The molecule has 0 radical (unpaired) electrons. The van der Waals surface area contributed by atoms with Crippen LogP contribution in [0.1, 0.15) is 12.0 Å². The normalized spacial score (nSPS) is 10.0. The summed E-state index contributed by atoms with van der Waals surface area (Å²) in [4.78, 5) is 15.2. The summed E-state index contributed by atoms with van der Waals surface area (Å²) in [6.45, 7) is 0.417. The van der Waals surface area contributed by atoms with Crippen molar-refractivity contribution >= 4 is 21.7 Å². The van der Waals surface area contributed by atoms with E-state index in [-0.39, 0.29) is 5.78 Å². The molecule has 1 aromatic rings. The molecule has 2 N–H and O–H groups in total. The number of nitrogens with zero attached hydrogens (tertiary/aromatic N) is 1. The highest BCUT2D eigenvalue weighted by Gasteiger charge is 2.02. The fourth-order valence-electron chi connectivity index (χ4n) is 1.03. The number of aromatic nitrogens is 1. The quantitative estimate of drug-likeness (QED) is 0.867. The first-order valence-corrected chi connectivity index (χ1v) is 4.83. The van der Waals surface area contributed by atoms with E-state index in [0.717, 1.165) is 10.0 Å². The second-order valence-corrected chi connectivity index (χ2v) is 3.68. The SMILES string of the molecule is NCCC(=O)Cc1cncc(Br)c1. The van der Waals surface area contributed by atoms with Crippen LogP contribution < -0.4 is 5.73 Å². The standard InChI is InChI=1S/C9H11BrN2O/c10-8-3-7(5-12-6-8)4-9(13)1-2-11/h3,5-6H,1-2,4,11H2. The number of hydrogen-bond donors (Lipinski definition) is 1. The van der Waals surface area contributed by atoms with Crippen LogP contribution >= 0.6 is 15.9 Å². The highest BCUT2D eigenvalue weighted by Crippen LogP contribution is 2.10. The Morgan fingerprint density at radius 2 is 2.31 bits per heavy atom. The smallest absolute Gasteiger partial charge is 0.138 e. The zero-order chi connectivity index (χ0) is 9.68. The number of halogens is 1. The summed E-state index contributed by atoms with van der Waals surface area (Å²) in [6.07, 6.45) is 4.24. The van der Waals surface area contributed by atoms with Crippen molar-refractivity contribution in [1.29, 1.82) is 0 Å². The van der Waals surface area contributed by atoms with Crippen LogP contribution in [0.2, 0.25) is 0 Å². The lowest BCUT2D eigenvalue weighted by Crippen LogP contribution is -2.10. The molecule has 0 amide bonds. The van der Waals surface area contributed by atoms with Crippen molar-refractivity contribution in [3.8, 4) is 0 Å². The molecule has 0 saturated carbocycles. The van der Waals surface area contributed by atoms with Gasteiger partial charge in [0.15, 0.2) is 0 Å². The lowest BCUT2D eigenvalue weighted by atomic mass is 10.1. The highest BCUT2D eigenvalue weighted by atomic mass is 79.9. The molecule has 0 saturated heterocycles. The summed E-state index contributed by atoms with van der Waals surface area (Å²) in [5.41, 5.74) is 6.19. The van der Waals surface area contributed by atoms with E-state index in [1.807, 2.05) is 6.07 Å². The van der Waals surface area contributed by atoms with Crippen molar-refractivity contribution in [2.24, 2.45) is 5.73 Å². The molecule has 13 heavy (non-hydrogen) atoms. The largest absolute Gasteiger partial charge is 0.330 e. The van der Waals surface area contributed by atoms with Crippen molar-refractivity contribution < 1.29 is 4.79 Å². The number of pyridine rings is 1. The third-order valence-corrected chi connectivity index (χ3v) is 2.02. The maximum absolute atomic E-state index is 11.2. The third kappa shape index (κ3) is 3.65. The van der Waals surface area contributed by atoms with Crippen molar-refractivity contribution in [1.82, 2.24) is 4.98 Å². The van der Waals surface area contributed by atoms with E-state index in [4.69, 9.17) is 5.73 Å². The van der Waals surface area contributed by atoms with Gasteiger partial charge in [-0.3, -0.25) is 9.78 Å². The molecule has 70 valence electrons. The van der Waals surface area contributed by atoms with E-state index in [0.29, 0.717) is 19.4 Å². The van der Waals surface area contributed by atoms with Crippen LogP contribution in [0.15, 0.2) is 22.9 Å². The predicted octanol–water partition coefficient (Wildman–Crippen LogP) is 1.30. The van der Waals surface area contributed by atoms with Gasteiger partial charge in [0.25, 0.3) is 0 Å². The molecule has 3 nitrogen and oxygen atoms in total. The predicted molar refractivity (Wildman–Crippen MR) is 54.3 cm³/mol. The average Bonchev–Trinajstić information content (AvgIpc) is 2.04. The summed E-state index contributed by atoms with van der Waals surface area (Å²) >= 11 is 3.29. The molecule has 1 aromatic heterocycles. The summed E-state index contributed by atoms with van der Waals surface area (Å²) < 4.78 is 0.894. The molecular formula is C9H11BrN2O. The van der Waals surface area contributed by atoms with Gasteiger partial charge in [-0.05, 0) is 34.1 Å². The van der Waals surface area contributed by atoms with Gasteiger partial charge in [-0.15, -0.1) is 0 Å². The Balaban J connectivity index is 2.58.